The van der Waals surface area contributed by atoms with E-state index >= 15 is 0 Å². The van der Waals surface area contributed by atoms with Crippen molar-refractivity contribution >= 4 is 29.1 Å². The van der Waals surface area contributed by atoms with Crippen LogP contribution in [0, 0.1) is 45.6 Å². The third-order valence-corrected chi connectivity index (χ3v) is 7.91. The van der Waals surface area contributed by atoms with E-state index in [1.165, 1.54) is 23.1 Å². The van der Waals surface area contributed by atoms with E-state index in [2.05, 4.69) is 17.5 Å². The standard InChI is InChI=1S/C26H23N3O5/c30-24(27-15-7-4-8-16(12-15)29(33)34)21(11-14-5-2-1-3-6-14)28-25(31)22-17-9-10-18(20-13-19(17)20)23(22)26(28)32/h1-10,12,17-23H,11,13H2,(H,27,30)/t17-,18-,19-,20-,21+,22-,23+/m1/s1. The molecular weight excluding hydrogens is 434 g/mol. The average Bonchev–Trinajstić information content (AvgIpc) is 3.62. The number of non-ortho nitro benzene ring substituents is 1. The molecule has 8 heteroatoms. The zero-order valence-corrected chi connectivity index (χ0v) is 18.2. The lowest BCUT2D eigenvalue weighted by atomic mass is 9.63. The van der Waals surface area contributed by atoms with Gasteiger partial charge in [0.05, 0.1) is 16.8 Å². The molecule has 2 bridgehead atoms. The lowest BCUT2D eigenvalue weighted by Crippen LogP contribution is -2.49. The first-order valence-electron chi connectivity index (χ1n) is 11.6. The number of amides is 3. The topological polar surface area (TPSA) is 110 Å². The van der Waals surface area contributed by atoms with E-state index in [4.69, 9.17) is 0 Å². The van der Waals surface area contributed by atoms with Crippen molar-refractivity contribution in [2.45, 2.75) is 18.9 Å². The molecule has 0 radical (unpaired) electrons. The minimum Gasteiger partial charge on any atom is -0.324 e. The van der Waals surface area contributed by atoms with Crippen molar-refractivity contribution in [2.75, 3.05) is 5.32 Å². The van der Waals surface area contributed by atoms with Gasteiger partial charge in [0.2, 0.25) is 17.7 Å². The number of benzene rings is 2. The zero-order chi connectivity index (χ0) is 23.6. The third kappa shape index (κ3) is 3.16. The first-order valence-corrected chi connectivity index (χ1v) is 11.6. The number of nitrogens with one attached hydrogen (secondary N) is 1. The lowest BCUT2D eigenvalue weighted by Gasteiger charge is -2.37. The van der Waals surface area contributed by atoms with E-state index < -0.39 is 28.7 Å². The van der Waals surface area contributed by atoms with Gasteiger partial charge in [0.15, 0.2) is 0 Å². The van der Waals surface area contributed by atoms with E-state index in [1.807, 2.05) is 30.3 Å². The molecule has 0 aromatic heterocycles. The van der Waals surface area contributed by atoms with Gasteiger partial charge in [0.25, 0.3) is 5.69 Å². The Balaban J connectivity index is 1.32. The third-order valence-electron chi connectivity index (χ3n) is 7.91. The van der Waals surface area contributed by atoms with Crippen molar-refractivity contribution < 1.29 is 19.3 Å². The minimum atomic E-state index is -1.04. The smallest absolute Gasteiger partial charge is 0.271 e. The van der Waals surface area contributed by atoms with Gasteiger partial charge in [-0.2, -0.15) is 0 Å². The van der Waals surface area contributed by atoms with Crippen LogP contribution in [-0.4, -0.2) is 33.6 Å². The van der Waals surface area contributed by atoms with Gasteiger partial charge >= 0.3 is 0 Å². The highest BCUT2D eigenvalue weighted by Gasteiger charge is 2.67. The summed E-state index contributed by atoms with van der Waals surface area (Å²) in [5, 5.41) is 13.8. The zero-order valence-electron chi connectivity index (χ0n) is 18.2. The first kappa shape index (κ1) is 20.8. The molecule has 1 saturated heterocycles. The van der Waals surface area contributed by atoms with Crippen LogP contribution in [0.1, 0.15) is 12.0 Å². The van der Waals surface area contributed by atoms with Gasteiger partial charge in [-0.05, 0) is 41.7 Å². The summed E-state index contributed by atoms with van der Waals surface area (Å²) in [6.45, 7) is 0. The Morgan fingerprint density at radius 1 is 1.00 bits per heavy atom. The quantitative estimate of drug-likeness (QED) is 0.310. The van der Waals surface area contributed by atoms with Crippen LogP contribution < -0.4 is 5.32 Å². The monoisotopic (exact) mass is 457 g/mol. The van der Waals surface area contributed by atoms with Crippen molar-refractivity contribution in [3.63, 3.8) is 0 Å². The fourth-order valence-corrected chi connectivity index (χ4v) is 6.35. The second-order valence-electron chi connectivity index (χ2n) is 9.70. The van der Waals surface area contributed by atoms with E-state index in [-0.39, 0.29) is 41.4 Å². The highest BCUT2D eigenvalue weighted by Crippen LogP contribution is 2.65. The van der Waals surface area contributed by atoms with Crippen molar-refractivity contribution in [1.29, 1.82) is 0 Å². The average molecular weight is 457 g/mol. The normalized spacial score (nSPS) is 31.1. The van der Waals surface area contributed by atoms with E-state index in [9.17, 15) is 24.5 Å². The summed E-state index contributed by atoms with van der Waals surface area (Å²) in [5.41, 5.74) is 0.913. The summed E-state index contributed by atoms with van der Waals surface area (Å²) >= 11 is 0. The Hall–Kier alpha value is -3.81. The summed E-state index contributed by atoms with van der Waals surface area (Å²) in [6, 6.07) is 13.8. The number of hydrogen-bond donors (Lipinski definition) is 1. The molecule has 1 heterocycles. The van der Waals surface area contributed by atoms with Gasteiger partial charge in [-0.15, -0.1) is 0 Å². The summed E-state index contributed by atoms with van der Waals surface area (Å²) in [5.74, 6) is -0.777. The van der Waals surface area contributed by atoms with Crippen LogP contribution in [0.25, 0.3) is 0 Å². The van der Waals surface area contributed by atoms with Crippen LogP contribution >= 0.6 is 0 Å². The second-order valence-corrected chi connectivity index (χ2v) is 9.70. The number of allylic oxidation sites excluding steroid dienone is 2. The number of likely N-dealkylation sites (tertiary alicyclic amines) is 1. The number of hydrogen-bond acceptors (Lipinski definition) is 5. The summed E-state index contributed by atoms with van der Waals surface area (Å²) in [7, 11) is 0. The molecule has 0 unspecified atom stereocenters. The minimum absolute atomic E-state index is 0.0682. The van der Waals surface area contributed by atoms with E-state index in [0.29, 0.717) is 11.8 Å². The Morgan fingerprint density at radius 3 is 2.26 bits per heavy atom. The number of carbonyl (C=O) groups excluding carboxylic acids is 3. The van der Waals surface area contributed by atoms with Gasteiger partial charge < -0.3 is 5.32 Å². The maximum absolute atomic E-state index is 13.6. The van der Waals surface area contributed by atoms with Crippen molar-refractivity contribution in [3.8, 4) is 0 Å². The molecule has 34 heavy (non-hydrogen) atoms. The van der Waals surface area contributed by atoms with Crippen LogP contribution in [0.15, 0.2) is 66.7 Å². The largest absolute Gasteiger partial charge is 0.324 e. The van der Waals surface area contributed by atoms with Gasteiger partial charge in [0.1, 0.15) is 6.04 Å². The van der Waals surface area contributed by atoms with Crippen LogP contribution in [0.4, 0.5) is 11.4 Å². The molecule has 7 atom stereocenters. The molecular formula is C26H23N3O5. The fourth-order valence-electron chi connectivity index (χ4n) is 6.35. The number of anilines is 1. The Kier molecular flexibility index (Phi) is 4.65. The molecule has 2 saturated carbocycles. The number of imide groups is 1. The molecule has 2 aromatic carbocycles. The lowest BCUT2D eigenvalue weighted by molar-refractivity contribution is -0.384. The highest BCUT2D eigenvalue weighted by atomic mass is 16.6. The van der Waals surface area contributed by atoms with E-state index in [0.717, 1.165) is 12.0 Å². The van der Waals surface area contributed by atoms with Crippen molar-refractivity contribution in [3.05, 3.63) is 82.4 Å². The molecule has 1 N–H and O–H groups in total. The number of nitrogens with zero attached hydrogens (tertiary/aromatic N) is 2. The number of rotatable bonds is 6. The number of nitro groups is 1. The summed E-state index contributed by atoms with van der Waals surface area (Å²) < 4.78 is 0. The highest BCUT2D eigenvalue weighted by molar-refractivity contribution is 6.10. The molecule has 172 valence electrons. The fraction of sp³-hybridized carbons (Fsp3) is 0.346. The molecule has 3 fully saturated rings. The van der Waals surface area contributed by atoms with Gasteiger partial charge in [0, 0.05) is 24.2 Å². The van der Waals surface area contributed by atoms with Gasteiger partial charge in [-0.3, -0.25) is 29.4 Å². The Bertz CT molecular complexity index is 1210. The Morgan fingerprint density at radius 2 is 1.65 bits per heavy atom. The predicted octanol–water partition coefficient (Wildman–Crippen LogP) is 3.20. The molecule has 4 aliphatic carbocycles. The van der Waals surface area contributed by atoms with Crippen LogP contribution in [0.2, 0.25) is 0 Å². The molecule has 2 aromatic rings. The maximum atomic E-state index is 13.6. The number of carbonyl (C=O) groups is 3. The second kappa shape index (κ2) is 7.62. The van der Waals surface area contributed by atoms with Gasteiger partial charge in [-0.1, -0.05) is 48.6 Å². The molecule has 0 spiro atoms. The van der Waals surface area contributed by atoms with Gasteiger partial charge in [-0.25, -0.2) is 0 Å². The number of nitro benzene ring substituents is 1. The predicted molar refractivity (Wildman–Crippen MR) is 122 cm³/mol. The van der Waals surface area contributed by atoms with Crippen molar-refractivity contribution in [1.82, 2.24) is 4.90 Å². The summed E-state index contributed by atoms with van der Waals surface area (Å²) in [6.07, 6.45) is 5.44. The molecule has 3 amide bonds. The van der Waals surface area contributed by atoms with E-state index in [1.54, 1.807) is 6.07 Å². The Labute approximate surface area is 195 Å². The SMILES string of the molecule is O=C(Nc1cccc([N+](=O)[O-])c1)[C@H](Cc1ccccc1)N1C(=O)[C@@H]2[C@@H]3C=C[C@H]([C@H]4C[C@H]34)[C@@H]2C1=O. The maximum Gasteiger partial charge on any atom is 0.271 e. The van der Waals surface area contributed by atoms with Crippen LogP contribution in [0.5, 0.6) is 0 Å². The molecule has 7 rings (SSSR count). The molecule has 1 aliphatic heterocycles. The van der Waals surface area contributed by atoms with Crippen LogP contribution in [-0.2, 0) is 20.8 Å². The molecule has 5 aliphatic rings. The van der Waals surface area contributed by atoms with Crippen molar-refractivity contribution in [2.24, 2.45) is 35.5 Å². The first-order chi connectivity index (χ1) is 16.4. The van der Waals surface area contributed by atoms with Crippen LogP contribution in [0.3, 0.4) is 0 Å². The molecule has 8 nitrogen and oxygen atoms in total. The summed E-state index contributed by atoms with van der Waals surface area (Å²) in [4.78, 5) is 52.6.